The molecule has 0 radical (unpaired) electrons. The molecule has 1 aliphatic heterocycles. The maximum atomic E-state index is 12.6. The SMILES string of the molecule is CC(C)c1ccc(-c2noc(CNS(=O)(=O)c3ccc(N4CCCC4=O)cc3)n2)cc1. The summed E-state index contributed by atoms with van der Waals surface area (Å²) in [5, 5.41) is 3.94. The zero-order chi connectivity index (χ0) is 22.0. The second-order valence-electron chi connectivity index (χ2n) is 7.76. The summed E-state index contributed by atoms with van der Waals surface area (Å²) in [7, 11) is -3.76. The van der Waals surface area contributed by atoms with Gasteiger partial charge >= 0.3 is 0 Å². The minimum atomic E-state index is -3.76. The van der Waals surface area contributed by atoms with Gasteiger partial charge in [0.25, 0.3) is 0 Å². The molecule has 31 heavy (non-hydrogen) atoms. The van der Waals surface area contributed by atoms with E-state index >= 15 is 0 Å². The maximum Gasteiger partial charge on any atom is 0.242 e. The highest BCUT2D eigenvalue weighted by atomic mass is 32.2. The summed E-state index contributed by atoms with van der Waals surface area (Å²) in [6.07, 6.45) is 1.34. The lowest BCUT2D eigenvalue weighted by atomic mass is 10.0. The Morgan fingerprint density at radius 1 is 1.10 bits per heavy atom. The Morgan fingerprint density at radius 2 is 1.81 bits per heavy atom. The molecule has 3 aromatic rings. The van der Waals surface area contributed by atoms with Crippen LogP contribution < -0.4 is 9.62 Å². The minimum absolute atomic E-state index is 0.0553. The van der Waals surface area contributed by atoms with Gasteiger partial charge in [0.1, 0.15) is 0 Å². The van der Waals surface area contributed by atoms with Gasteiger partial charge in [-0.15, -0.1) is 0 Å². The van der Waals surface area contributed by atoms with Gasteiger partial charge in [-0.2, -0.15) is 4.98 Å². The molecular weight excluding hydrogens is 416 g/mol. The molecule has 0 aliphatic carbocycles. The van der Waals surface area contributed by atoms with Crippen LogP contribution in [-0.4, -0.2) is 31.0 Å². The highest BCUT2D eigenvalue weighted by molar-refractivity contribution is 7.89. The van der Waals surface area contributed by atoms with Gasteiger partial charge in [0.15, 0.2) is 0 Å². The van der Waals surface area contributed by atoms with Crippen molar-refractivity contribution in [3.63, 3.8) is 0 Å². The van der Waals surface area contributed by atoms with Crippen molar-refractivity contribution in [3.05, 3.63) is 60.0 Å². The highest BCUT2D eigenvalue weighted by Crippen LogP contribution is 2.23. The van der Waals surface area contributed by atoms with E-state index in [1.54, 1.807) is 17.0 Å². The van der Waals surface area contributed by atoms with E-state index < -0.39 is 10.0 Å². The van der Waals surface area contributed by atoms with Crippen LogP contribution in [0.2, 0.25) is 0 Å². The first-order chi connectivity index (χ1) is 14.8. The molecule has 0 saturated carbocycles. The predicted octanol–water partition coefficient (Wildman–Crippen LogP) is 3.47. The fourth-order valence-corrected chi connectivity index (χ4v) is 4.40. The van der Waals surface area contributed by atoms with Gasteiger partial charge in [-0.1, -0.05) is 43.3 Å². The quantitative estimate of drug-likeness (QED) is 0.603. The Hall–Kier alpha value is -3.04. The third-order valence-electron chi connectivity index (χ3n) is 5.25. The van der Waals surface area contributed by atoms with Crippen molar-refractivity contribution in [2.45, 2.75) is 44.0 Å². The van der Waals surface area contributed by atoms with Crippen LogP contribution in [0.5, 0.6) is 0 Å². The van der Waals surface area contributed by atoms with E-state index in [2.05, 4.69) is 28.7 Å². The van der Waals surface area contributed by atoms with Crippen LogP contribution >= 0.6 is 0 Å². The number of anilines is 1. The van der Waals surface area contributed by atoms with Crippen LogP contribution in [0.15, 0.2) is 57.9 Å². The molecule has 1 aliphatic rings. The number of carbonyl (C=O) groups excluding carboxylic acids is 1. The third kappa shape index (κ3) is 4.67. The molecular formula is C22H24N4O4S. The summed E-state index contributed by atoms with van der Waals surface area (Å²) >= 11 is 0. The van der Waals surface area contributed by atoms with Gasteiger partial charge in [-0.05, 0) is 42.2 Å². The lowest BCUT2D eigenvalue weighted by Gasteiger charge is -2.15. The molecule has 2 aromatic carbocycles. The molecule has 1 fully saturated rings. The van der Waals surface area contributed by atoms with Crippen LogP contribution in [0.1, 0.15) is 44.1 Å². The summed E-state index contributed by atoms with van der Waals surface area (Å²) in [4.78, 5) is 17.9. The summed E-state index contributed by atoms with van der Waals surface area (Å²) in [6.45, 7) is 4.77. The lowest BCUT2D eigenvalue weighted by Crippen LogP contribution is -2.25. The second-order valence-corrected chi connectivity index (χ2v) is 9.52. The normalized spacial score (nSPS) is 14.5. The summed E-state index contributed by atoms with van der Waals surface area (Å²) < 4.78 is 32.9. The number of rotatable bonds is 7. The molecule has 4 rings (SSSR count). The number of carbonyl (C=O) groups is 1. The topological polar surface area (TPSA) is 105 Å². The van der Waals surface area contributed by atoms with Crippen molar-refractivity contribution in [3.8, 4) is 11.4 Å². The Bertz CT molecular complexity index is 1170. The van der Waals surface area contributed by atoms with Crippen LogP contribution in [0, 0.1) is 0 Å². The van der Waals surface area contributed by atoms with Crippen molar-refractivity contribution in [2.24, 2.45) is 0 Å². The number of nitrogens with one attached hydrogen (secondary N) is 1. The van der Waals surface area contributed by atoms with Crippen molar-refractivity contribution in [1.82, 2.24) is 14.9 Å². The molecule has 0 unspecified atom stereocenters. The molecule has 9 heteroatoms. The Labute approximate surface area is 181 Å². The average molecular weight is 441 g/mol. The predicted molar refractivity (Wildman–Crippen MR) is 116 cm³/mol. The highest BCUT2D eigenvalue weighted by Gasteiger charge is 2.22. The molecule has 0 bridgehead atoms. The van der Waals surface area contributed by atoms with Crippen molar-refractivity contribution in [1.29, 1.82) is 0 Å². The van der Waals surface area contributed by atoms with Crippen molar-refractivity contribution < 1.29 is 17.7 Å². The summed E-state index contributed by atoms with van der Waals surface area (Å²) in [5.41, 5.74) is 2.71. The molecule has 0 atom stereocenters. The van der Waals surface area contributed by atoms with E-state index in [-0.39, 0.29) is 23.2 Å². The van der Waals surface area contributed by atoms with Crippen LogP contribution in [0.4, 0.5) is 5.69 Å². The monoisotopic (exact) mass is 440 g/mol. The third-order valence-corrected chi connectivity index (χ3v) is 6.67. The van der Waals surface area contributed by atoms with Crippen LogP contribution in [-0.2, 0) is 21.4 Å². The number of hydrogen-bond acceptors (Lipinski definition) is 6. The first-order valence-corrected chi connectivity index (χ1v) is 11.6. The van der Waals surface area contributed by atoms with Gasteiger partial charge in [0.2, 0.25) is 27.6 Å². The smallest absolute Gasteiger partial charge is 0.242 e. The minimum Gasteiger partial charge on any atom is -0.338 e. The number of amides is 1. The molecule has 1 N–H and O–H groups in total. The van der Waals surface area contributed by atoms with E-state index in [4.69, 9.17) is 4.52 Å². The number of hydrogen-bond donors (Lipinski definition) is 1. The lowest BCUT2D eigenvalue weighted by molar-refractivity contribution is -0.117. The summed E-state index contributed by atoms with van der Waals surface area (Å²) in [5.74, 6) is 1.06. The fraction of sp³-hybridized carbons (Fsp3) is 0.318. The number of aromatic nitrogens is 2. The number of nitrogens with zero attached hydrogens (tertiary/aromatic N) is 3. The van der Waals surface area contributed by atoms with Gasteiger partial charge in [0, 0.05) is 24.2 Å². The largest absolute Gasteiger partial charge is 0.338 e. The maximum absolute atomic E-state index is 12.6. The van der Waals surface area contributed by atoms with E-state index in [1.165, 1.54) is 17.7 Å². The van der Waals surface area contributed by atoms with Crippen LogP contribution in [0.25, 0.3) is 11.4 Å². The molecule has 1 aromatic heterocycles. The molecule has 8 nitrogen and oxygen atoms in total. The summed E-state index contributed by atoms with van der Waals surface area (Å²) in [6, 6.07) is 14.1. The molecule has 0 spiro atoms. The molecule has 1 saturated heterocycles. The van der Waals surface area contributed by atoms with Gasteiger partial charge in [0.05, 0.1) is 11.4 Å². The zero-order valence-corrected chi connectivity index (χ0v) is 18.2. The Morgan fingerprint density at radius 3 is 2.42 bits per heavy atom. The van der Waals surface area contributed by atoms with Gasteiger partial charge in [-0.3, -0.25) is 4.79 Å². The van der Waals surface area contributed by atoms with Crippen molar-refractivity contribution in [2.75, 3.05) is 11.4 Å². The van der Waals surface area contributed by atoms with E-state index in [1.807, 2.05) is 24.3 Å². The fourth-order valence-electron chi connectivity index (χ4n) is 3.43. The molecule has 2 heterocycles. The molecule has 162 valence electrons. The number of sulfonamides is 1. The first-order valence-electron chi connectivity index (χ1n) is 10.2. The van der Waals surface area contributed by atoms with E-state index in [0.717, 1.165) is 12.0 Å². The van der Waals surface area contributed by atoms with Gasteiger partial charge in [-0.25, -0.2) is 13.1 Å². The average Bonchev–Trinajstić information content (AvgIpc) is 3.42. The standard InChI is InChI=1S/C22H24N4O4S/c1-15(2)16-5-7-17(8-6-16)22-24-20(30-25-22)14-23-31(28,29)19-11-9-18(10-12-19)26-13-3-4-21(26)27/h5-12,15,23H,3-4,13-14H2,1-2H3. The van der Waals surface area contributed by atoms with Gasteiger partial charge < -0.3 is 9.42 Å². The Kier molecular flexibility index (Phi) is 5.88. The second kappa shape index (κ2) is 8.60. The zero-order valence-electron chi connectivity index (χ0n) is 17.4. The van der Waals surface area contributed by atoms with E-state index in [9.17, 15) is 13.2 Å². The first kappa shape index (κ1) is 21.2. The molecule has 1 amide bonds. The Balaban J connectivity index is 1.41. The van der Waals surface area contributed by atoms with Crippen molar-refractivity contribution >= 4 is 21.6 Å². The number of benzene rings is 2. The van der Waals surface area contributed by atoms with Crippen LogP contribution in [0.3, 0.4) is 0 Å². The van der Waals surface area contributed by atoms with E-state index in [0.29, 0.717) is 30.4 Å².